The number of carbonyl (C=O) groups is 1. The van der Waals surface area contributed by atoms with Crippen molar-refractivity contribution in [3.8, 4) is 11.5 Å². The molecule has 1 aliphatic rings. The molecule has 20 heavy (non-hydrogen) atoms. The zero-order valence-electron chi connectivity index (χ0n) is 11.7. The standard InChI is InChI=1S/C14H18BrNO4/c1-16-10-7-20-6-9(10)13(17)8-4-5-11(18-2)12(15)14(8)19-3/h4-5,9-10,16H,6-7H2,1-3H3. The van der Waals surface area contributed by atoms with Crippen molar-refractivity contribution < 1.29 is 19.0 Å². The van der Waals surface area contributed by atoms with Crippen molar-refractivity contribution in [3.05, 3.63) is 22.2 Å². The highest BCUT2D eigenvalue weighted by Crippen LogP contribution is 2.38. The van der Waals surface area contributed by atoms with Crippen molar-refractivity contribution in [2.75, 3.05) is 34.5 Å². The predicted octanol–water partition coefficient (Wildman–Crippen LogP) is 1.88. The molecule has 110 valence electrons. The zero-order valence-corrected chi connectivity index (χ0v) is 13.3. The molecule has 1 aromatic carbocycles. The first-order chi connectivity index (χ1) is 9.63. The Morgan fingerprint density at radius 2 is 2.10 bits per heavy atom. The first-order valence-electron chi connectivity index (χ1n) is 6.33. The Morgan fingerprint density at radius 3 is 2.70 bits per heavy atom. The zero-order chi connectivity index (χ0) is 14.7. The van der Waals surface area contributed by atoms with E-state index in [1.54, 1.807) is 19.2 Å². The van der Waals surface area contributed by atoms with Crippen LogP contribution < -0.4 is 14.8 Å². The molecule has 2 rings (SSSR count). The summed E-state index contributed by atoms with van der Waals surface area (Å²) >= 11 is 3.41. The molecule has 1 saturated heterocycles. The molecule has 0 saturated carbocycles. The van der Waals surface area contributed by atoms with Gasteiger partial charge in [0.15, 0.2) is 5.78 Å². The van der Waals surface area contributed by atoms with Crippen molar-refractivity contribution in [2.24, 2.45) is 5.92 Å². The number of carbonyl (C=O) groups excluding carboxylic acids is 1. The molecule has 1 aromatic rings. The average molecular weight is 344 g/mol. The number of benzene rings is 1. The fraction of sp³-hybridized carbons (Fsp3) is 0.500. The number of halogens is 1. The summed E-state index contributed by atoms with van der Waals surface area (Å²) in [6, 6.07) is 3.52. The molecule has 0 aliphatic carbocycles. The van der Waals surface area contributed by atoms with Gasteiger partial charge in [-0.15, -0.1) is 0 Å². The Kier molecular flexibility index (Phi) is 5.01. The number of ketones is 1. The highest BCUT2D eigenvalue weighted by atomic mass is 79.9. The molecule has 0 bridgehead atoms. The number of methoxy groups -OCH3 is 2. The summed E-state index contributed by atoms with van der Waals surface area (Å²) in [5, 5.41) is 3.12. The van der Waals surface area contributed by atoms with E-state index in [0.29, 0.717) is 34.7 Å². The Hall–Kier alpha value is -1.11. The third kappa shape index (κ3) is 2.68. The number of rotatable bonds is 5. The average Bonchev–Trinajstić information content (AvgIpc) is 2.94. The topological polar surface area (TPSA) is 56.8 Å². The van der Waals surface area contributed by atoms with Gasteiger partial charge in [0.1, 0.15) is 16.0 Å². The van der Waals surface area contributed by atoms with Gasteiger partial charge in [-0.25, -0.2) is 0 Å². The molecule has 5 nitrogen and oxygen atoms in total. The van der Waals surface area contributed by atoms with E-state index in [4.69, 9.17) is 14.2 Å². The molecule has 1 heterocycles. The lowest BCUT2D eigenvalue weighted by molar-refractivity contribution is 0.0889. The van der Waals surface area contributed by atoms with Crippen LogP contribution in [0.1, 0.15) is 10.4 Å². The number of nitrogens with one attached hydrogen (secondary N) is 1. The van der Waals surface area contributed by atoms with E-state index in [1.807, 2.05) is 7.05 Å². The molecular formula is C14H18BrNO4. The number of hydrogen-bond acceptors (Lipinski definition) is 5. The second-order valence-electron chi connectivity index (χ2n) is 4.57. The summed E-state index contributed by atoms with van der Waals surface area (Å²) < 4.78 is 16.6. The fourth-order valence-electron chi connectivity index (χ4n) is 2.39. The van der Waals surface area contributed by atoms with Gasteiger partial charge in [0.05, 0.1) is 38.9 Å². The second kappa shape index (κ2) is 6.56. The van der Waals surface area contributed by atoms with Gasteiger partial charge in [-0.2, -0.15) is 0 Å². The summed E-state index contributed by atoms with van der Waals surface area (Å²) in [7, 11) is 4.95. The normalized spacial score (nSPS) is 21.8. The molecule has 1 aliphatic heterocycles. The van der Waals surface area contributed by atoms with Gasteiger partial charge in [0.2, 0.25) is 0 Å². The molecule has 1 N–H and O–H groups in total. The maximum atomic E-state index is 12.7. The van der Waals surface area contributed by atoms with E-state index >= 15 is 0 Å². The van der Waals surface area contributed by atoms with Crippen LogP contribution in [-0.4, -0.2) is 46.3 Å². The van der Waals surface area contributed by atoms with Gasteiger partial charge in [-0.3, -0.25) is 4.79 Å². The maximum Gasteiger partial charge on any atom is 0.173 e. The minimum atomic E-state index is -0.200. The van der Waals surface area contributed by atoms with Crippen LogP contribution in [0.4, 0.5) is 0 Å². The molecule has 1 fully saturated rings. The van der Waals surface area contributed by atoms with Crippen LogP contribution in [0.2, 0.25) is 0 Å². The Bertz CT molecular complexity index is 506. The third-order valence-corrected chi connectivity index (χ3v) is 4.29. The number of likely N-dealkylation sites (N-methyl/N-ethyl adjacent to an activating group) is 1. The van der Waals surface area contributed by atoms with Gasteiger partial charge in [0.25, 0.3) is 0 Å². The van der Waals surface area contributed by atoms with Gasteiger partial charge in [-0.1, -0.05) is 0 Å². The van der Waals surface area contributed by atoms with E-state index in [-0.39, 0.29) is 17.7 Å². The predicted molar refractivity (Wildman–Crippen MR) is 78.7 cm³/mol. The molecule has 2 atom stereocenters. The quantitative estimate of drug-likeness (QED) is 0.827. The molecule has 0 amide bonds. The second-order valence-corrected chi connectivity index (χ2v) is 5.36. The highest BCUT2D eigenvalue weighted by Gasteiger charge is 2.35. The minimum absolute atomic E-state index is 0.0158. The minimum Gasteiger partial charge on any atom is -0.495 e. The van der Waals surface area contributed by atoms with Crippen LogP contribution >= 0.6 is 15.9 Å². The molecule has 0 radical (unpaired) electrons. The van der Waals surface area contributed by atoms with Crippen molar-refractivity contribution in [1.29, 1.82) is 0 Å². The number of ether oxygens (including phenoxy) is 3. The van der Waals surface area contributed by atoms with E-state index < -0.39 is 0 Å². The lowest BCUT2D eigenvalue weighted by Crippen LogP contribution is -2.37. The molecule has 0 spiro atoms. The highest BCUT2D eigenvalue weighted by molar-refractivity contribution is 9.10. The molecule has 0 aromatic heterocycles. The van der Waals surface area contributed by atoms with Crippen molar-refractivity contribution in [3.63, 3.8) is 0 Å². The maximum absolute atomic E-state index is 12.7. The van der Waals surface area contributed by atoms with Crippen LogP contribution in [0.3, 0.4) is 0 Å². The van der Waals surface area contributed by atoms with E-state index in [2.05, 4.69) is 21.2 Å². The van der Waals surface area contributed by atoms with Gasteiger partial charge in [-0.05, 0) is 35.1 Å². The van der Waals surface area contributed by atoms with Gasteiger partial charge >= 0.3 is 0 Å². The smallest absolute Gasteiger partial charge is 0.173 e. The molecular weight excluding hydrogens is 326 g/mol. The van der Waals surface area contributed by atoms with Crippen molar-refractivity contribution >= 4 is 21.7 Å². The van der Waals surface area contributed by atoms with Crippen LogP contribution in [0, 0.1) is 5.92 Å². The summed E-state index contributed by atoms with van der Waals surface area (Å²) in [5.41, 5.74) is 0.538. The third-order valence-electron chi connectivity index (χ3n) is 3.54. The number of hydrogen-bond donors (Lipinski definition) is 1. The van der Waals surface area contributed by atoms with Crippen LogP contribution in [0.15, 0.2) is 16.6 Å². The summed E-state index contributed by atoms with van der Waals surface area (Å²) in [6.07, 6.45) is 0. The van der Waals surface area contributed by atoms with Gasteiger partial charge in [0, 0.05) is 6.04 Å². The van der Waals surface area contributed by atoms with E-state index in [0.717, 1.165) is 0 Å². The summed E-state index contributed by atoms with van der Waals surface area (Å²) in [4.78, 5) is 12.7. The van der Waals surface area contributed by atoms with Gasteiger partial charge < -0.3 is 19.5 Å². The Labute approximate surface area is 126 Å². The first kappa shape index (κ1) is 15.3. The van der Waals surface area contributed by atoms with Crippen molar-refractivity contribution in [1.82, 2.24) is 5.32 Å². The Balaban J connectivity index is 2.37. The van der Waals surface area contributed by atoms with Crippen LogP contribution in [0.5, 0.6) is 11.5 Å². The molecule has 6 heteroatoms. The molecule has 2 unspecified atom stereocenters. The van der Waals surface area contributed by atoms with Crippen LogP contribution in [0.25, 0.3) is 0 Å². The SMILES string of the molecule is CNC1COCC1C(=O)c1ccc(OC)c(Br)c1OC. The van der Waals surface area contributed by atoms with E-state index in [1.165, 1.54) is 7.11 Å². The number of Topliss-reactive ketones (excluding diaryl/α,β-unsaturated/α-hetero) is 1. The largest absolute Gasteiger partial charge is 0.495 e. The van der Waals surface area contributed by atoms with E-state index in [9.17, 15) is 4.79 Å². The first-order valence-corrected chi connectivity index (χ1v) is 7.13. The Morgan fingerprint density at radius 1 is 1.35 bits per heavy atom. The van der Waals surface area contributed by atoms with Crippen molar-refractivity contribution in [2.45, 2.75) is 6.04 Å². The summed E-state index contributed by atoms with van der Waals surface area (Å²) in [5.74, 6) is 0.943. The fourth-order valence-corrected chi connectivity index (χ4v) is 3.06. The summed E-state index contributed by atoms with van der Waals surface area (Å²) in [6.45, 7) is 0.976. The van der Waals surface area contributed by atoms with Crippen LogP contribution in [-0.2, 0) is 4.74 Å². The lowest BCUT2D eigenvalue weighted by atomic mass is 9.93. The monoisotopic (exact) mass is 343 g/mol. The lowest BCUT2D eigenvalue weighted by Gasteiger charge is -2.18.